The summed E-state index contributed by atoms with van der Waals surface area (Å²) in [7, 11) is 3.25. The Hall–Kier alpha value is -3.94. The summed E-state index contributed by atoms with van der Waals surface area (Å²) in [6, 6.07) is 19.1. The van der Waals surface area contributed by atoms with E-state index in [2.05, 4.69) is 47.6 Å². The highest BCUT2D eigenvalue weighted by molar-refractivity contribution is 5.68. The summed E-state index contributed by atoms with van der Waals surface area (Å²) in [6.07, 6.45) is 4.85. The van der Waals surface area contributed by atoms with Gasteiger partial charge in [0.05, 0.1) is 13.2 Å². The van der Waals surface area contributed by atoms with Crippen LogP contribution in [0.2, 0.25) is 0 Å². The number of unbranched alkanes of at least 4 members (excludes halogenated alkanes) is 4. The first-order valence-corrected chi connectivity index (χ1v) is 14.3. The van der Waals surface area contributed by atoms with Gasteiger partial charge in [0.2, 0.25) is 0 Å². The number of aliphatic hydroxyl groups is 1. The Morgan fingerprint density at radius 2 is 1.29 bits per heavy atom. The molecule has 0 aliphatic heterocycles. The second kappa shape index (κ2) is 25.1. The van der Waals surface area contributed by atoms with Crippen LogP contribution < -0.4 is 5.32 Å². The molecule has 0 saturated carbocycles. The molecule has 2 unspecified atom stereocenters. The van der Waals surface area contributed by atoms with Crippen LogP contribution in [0.15, 0.2) is 60.7 Å². The molecule has 2 aromatic carbocycles. The molecule has 0 spiro atoms. The van der Waals surface area contributed by atoms with Crippen molar-refractivity contribution in [3.05, 3.63) is 71.8 Å². The Bertz CT molecular complexity index is 1070. The first kappa shape index (κ1) is 37.1. The molecule has 0 saturated heterocycles. The van der Waals surface area contributed by atoms with E-state index in [1.165, 1.54) is 7.05 Å². The molecule has 2 atom stereocenters. The van der Waals surface area contributed by atoms with E-state index in [0.29, 0.717) is 13.2 Å². The third kappa shape index (κ3) is 18.1. The van der Waals surface area contributed by atoms with E-state index in [1.54, 1.807) is 25.8 Å². The van der Waals surface area contributed by atoms with Crippen molar-refractivity contribution in [3.63, 3.8) is 0 Å². The van der Waals surface area contributed by atoms with Gasteiger partial charge in [-0.25, -0.2) is 9.59 Å². The highest BCUT2D eigenvalue weighted by atomic mass is 16.6. The normalized spacial score (nSPS) is 10.7. The summed E-state index contributed by atoms with van der Waals surface area (Å²) in [5.74, 6) is 12.2. The summed E-state index contributed by atoms with van der Waals surface area (Å²) in [5, 5.41) is 12.0. The van der Waals surface area contributed by atoms with Crippen LogP contribution in [-0.4, -0.2) is 49.5 Å². The van der Waals surface area contributed by atoms with Crippen molar-refractivity contribution in [1.29, 1.82) is 0 Å². The topological polar surface area (TPSA) is 88.1 Å². The molecule has 2 N–H and O–H groups in total. The van der Waals surface area contributed by atoms with Gasteiger partial charge in [-0.2, -0.15) is 0 Å². The summed E-state index contributed by atoms with van der Waals surface area (Å²) in [4.78, 5) is 23.5. The number of carbonyl (C=O) groups excluding carboxylic acids is 2. The average molecular weight is 565 g/mol. The van der Waals surface area contributed by atoms with Crippen LogP contribution >= 0.6 is 0 Å². The lowest BCUT2D eigenvalue weighted by Gasteiger charge is -2.23. The smallest absolute Gasteiger partial charge is 0.410 e. The van der Waals surface area contributed by atoms with Crippen molar-refractivity contribution in [3.8, 4) is 23.7 Å². The highest BCUT2D eigenvalue weighted by Crippen LogP contribution is 2.19. The zero-order chi connectivity index (χ0) is 30.7. The van der Waals surface area contributed by atoms with E-state index in [9.17, 15) is 14.7 Å². The number of hydrogen-bond donors (Lipinski definition) is 2. The van der Waals surface area contributed by atoms with Gasteiger partial charge in [0.1, 0.15) is 12.1 Å². The first-order valence-electron chi connectivity index (χ1n) is 14.3. The molecule has 0 bridgehead atoms. The van der Waals surface area contributed by atoms with Crippen molar-refractivity contribution in [1.82, 2.24) is 10.2 Å². The van der Waals surface area contributed by atoms with Gasteiger partial charge in [-0.3, -0.25) is 4.90 Å². The number of alkyl carbamates (subject to hydrolysis) is 1. The van der Waals surface area contributed by atoms with Crippen LogP contribution in [0, 0.1) is 23.7 Å². The van der Waals surface area contributed by atoms with Gasteiger partial charge in [0.15, 0.2) is 0 Å². The molecule has 0 aliphatic carbocycles. The third-order valence-corrected chi connectivity index (χ3v) is 5.44. The minimum Gasteiger partial charge on any atom is -0.450 e. The second-order valence-corrected chi connectivity index (χ2v) is 8.76. The minimum atomic E-state index is -0.631. The van der Waals surface area contributed by atoms with Gasteiger partial charge in [-0.1, -0.05) is 99.2 Å². The van der Waals surface area contributed by atoms with Crippen molar-refractivity contribution < 1.29 is 24.2 Å². The average Bonchev–Trinajstić information content (AvgIpc) is 3.00. The summed E-state index contributed by atoms with van der Waals surface area (Å²) in [5.41, 5.74) is 1.88. The number of hydrogen-bond acceptors (Lipinski definition) is 5. The highest BCUT2D eigenvalue weighted by Gasteiger charge is 2.20. The van der Waals surface area contributed by atoms with Crippen molar-refractivity contribution in [2.24, 2.45) is 0 Å². The lowest BCUT2D eigenvalue weighted by Crippen LogP contribution is -2.31. The molecule has 2 rings (SSSR count). The van der Waals surface area contributed by atoms with E-state index in [-0.39, 0.29) is 18.2 Å². The summed E-state index contributed by atoms with van der Waals surface area (Å²) in [6.45, 7) is 8.63. The van der Waals surface area contributed by atoms with E-state index in [4.69, 9.17) is 4.74 Å². The van der Waals surface area contributed by atoms with Crippen molar-refractivity contribution in [2.75, 3.05) is 27.3 Å². The predicted molar refractivity (Wildman–Crippen MR) is 166 cm³/mol. The molecule has 0 heterocycles. The number of amides is 2. The number of carbonyl (C=O) groups is 2. The quantitative estimate of drug-likeness (QED) is 0.247. The number of nitrogens with zero attached hydrogens (tertiary/aromatic N) is 1. The van der Waals surface area contributed by atoms with E-state index < -0.39 is 6.10 Å². The van der Waals surface area contributed by atoms with Crippen LogP contribution in [0.1, 0.15) is 89.5 Å². The van der Waals surface area contributed by atoms with Gasteiger partial charge in [-0.05, 0) is 37.8 Å². The second-order valence-electron chi connectivity index (χ2n) is 8.76. The van der Waals surface area contributed by atoms with Crippen molar-refractivity contribution in [2.45, 2.75) is 78.4 Å². The van der Waals surface area contributed by atoms with Crippen LogP contribution in [0.25, 0.3) is 0 Å². The Labute approximate surface area is 247 Å². The Morgan fingerprint density at radius 3 is 1.73 bits per heavy atom. The number of aliphatic hydroxyl groups excluding tert-OH is 1. The minimum absolute atomic E-state index is 0.257. The molecule has 0 radical (unpaired) electrons. The lowest BCUT2D eigenvalue weighted by atomic mass is 10.1. The van der Waals surface area contributed by atoms with E-state index >= 15 is 0 Å². The fourth-order valence-electron chi connectivity index (χ4n) is 3.16. The standard InChI is InChI=1S/C17H23NO2.C13H16O.C4H9NO2/c1-4-6-7-11-14-16(15-12-9-8-10-13-15)18(3)17(19)20-5-2;1-2-3-4-8-11-13(14)12-9-6-5-7-10-12;1-3-7-4(6)5-2/h8-10,12-13,16H,4-7H2,1-3H3;5-7,9-10,13-14H,2-4H2,1H3;3H2,1-2H3,(H,5,6). The molecule has 7 heteroatoms. The number of rotatable bonds is 9. The molecule has 224 valence electrons. The Kier molecular flexibility index (Phi) is 22.6. The molecule has 0 fully saturated rings. The number of nitrogens with one attached hydrogen (secondary N) is 1. The SMILES string of the molecule is CCCCC#CC(O)c1ccccc1.CCCCC#CC(c1ccccc1)N(C)C(=O)OCC.CCOC(=O)NC. The maximum absolute atomic E-state index is 11.9. The van der Waals surface area contributed by atoms with Gasteiger partial charge < -0.3 is 19.9 Å². The fourth-order valence-corrected chi connectivity index (χ4v) is 3.16. The van der Waals surface area contributed by atoms with Crippen LogP contribution in [0.3, 0.4) is 0 Å². The zero-order valence-electron chi connectivity index (χ0n) is 25.6. The zero-order valence-corrected chi connectivity index (χ0v) is 25.6. The molecular weight excluding hydrogens is 516 g/mol. The summed E-state index contributed by atoms with van der Waals surface area (Å²) >= 11 is 0. The Balaban J connectivity index is 0.000000659. The van der Waals surface area contributed by atoms with Gasteiger partial charge in [0, 0.05) is 26.9 Å². The van der Waals surface area contributed by atoms with Crippen molar-refractivity contribution >= 4 is 12.2 Å². The lowest BCUT2D eigenvalue weighted by molar-refractivity contribution is 0.109. The van der Waals surface area contributed by atoms with Crippen LogP contribution in [-0.2, 0) is 9.47 Å². The van der Waals surface area contributed by atoms with Gasteiger partial charge >= 0.3 is 12.2 Å². The molecule has 0 aromatic heterocycles. The van der Waals surface area contributed by atoms with Crippen LogP contribution in [0.4, 0.5) is 9.59 Å². The molecule has 2 aromatic rings. The Morgan fingerprint density at radius 1 is 0.805 bits per heavy atom. The summed E-state index contributed by atoms with van der Waals surface area (Å²) < 4.78 is 9.49. The maximum Gasteiger partial charge on any atom is 0.410 e. The largest absolute Gasteiger partial charge is 0.450 e. The maximum atomic E-state index is 11.9. The molecule has 2 amide bonds. The van der Waals surface area contributed by atoms with Gasteiger partial charge in [0.25, 0.3) is 0 Å². The first-order chi connectivity index (χ1) is 19.9. The fraction of sp³-hybridized carbons (Fsp3) is 0.471. The predicted octanol–water partition coefficient (Wildman–Crippen LogP) is 7.29. The molecule has 0 aliphatic rings. The number of ether oxygens (including phenoxy) is 2. The molecule has 7 nitrogen and oxygen atoms in total. The van der Waals surface area contributed by atoms with E-state index in [0.717, 1.165) is 49.7 Å². The monoisotopic (exact) mass is 564 g/mol. The number of benzene rings is 2. The van der Waals surface area contributed by atoms with Crippen LogP contribution in [0.5, 0.6) is 0 Å². The van der Waals surface area contributed by atoms with E-state index in [1.807, 2.05) is 60.7 Å². The molecular formula is C34H48N2O5. The molecule has 41 heavy (non-hydrogen) atoms. The third-order valence-electron chi connectivity index (χ3n) is 5.44. The van der Waals surface area contributed by atoms with Gasteiger partial charge in [-0.15, -0.1) is 11.8 Å².